The Labute approximate surface area is 201 Å². The van der Waals surface area contributed by atoms with Gasteiger partial charge in [-0.25, -0.2) is 13.4 Å². The highest BCUT2D eigenvalue weighted by atomic mass is 32.2. The van der Waals surface area contributed by atoms with Crippen molar-refractivity contribution in [2.24, 2.45) is 11.7 Å². The first kappa shape index (κ1) is 24.9. The number of ketones is 1. The Morgan fingerprint density at radius 2 is 1.88 bits per heavy atom. The van der Waals surface area contributed by atoms with E-state index in [4.69, 9.17) is 10.2 Å². The molecule has 2 atom stereocenters. The fraction of sp³-hybridized carbons (Fsp3) is 0.640. The molecular weight excluding hydrogens is 454 g/mol. The summed E-state index contributed by atoms with van der Waals surface area (Å²) in [6.07, 6.45) is 7.40. The van der Waals surface area contributed by atoms with E-state index in [0.717, 1.165) is 44.9 Å². The van der Waals surface area contributed by atoms with Crippen LogP contribution >= 0.6 is 0 Å². The number of carbonyl (C=O) groups excluding carboxylic acids is 2. The summed E-state index contributed by atoms with van der Waals surface area (Å²) < 4.78 is 31.9. The van der Waals surface area contributed by atoms with Gasteiger partial charge >= 0.3 is 0 Å². The number of nitrogens with zero attached hydrogens (tertiary/aromatic N) is 1. The number of nitrogens with two attached hydrogens (primary N) is 1. The SMILES string of the molecule is CCCCC(C(=O)c1nc2ccccc2o1)(C(NC1CCCCC1)C(N)=O)S(=O)(=O)CC1CC1. The molecule has 1 amide bonds. The van der Waals surface area contributed by atoms with Crippen LogP contribution in [0.1, 0.15) is 81.8 Å². The molecule has 2 aliphatic rings. The van der Waals surface area contributed by atoms with Crippen molar-refractivity contribution in [3.05, 3.63) is 30.2 Å². The number of nitrogens with one attached hydrogen (secondary N) is 1. The van der Waals surface area contributed by atoms with Crippen LogP contribution in [0.5, 0.6) is 0 Å². The van der Waals surface area contributed by atoms with Gasteiger partial charge < -0.3 is 15.5 Å². The second-order valence-electron chi connectivity index (χ2n) is 9.87. The topological polar surface area (TPSA) is 132 Å². The molecular formula is C25H35N3O5S. The maximum Gasteiger partial charge on any atom is 0.266 e. The Morgan fingerprint density at radius 1 is 1.18 bits per heavy atom. The lowest BCUT2D eigenvalue weighted by atomic mass is 9.85. The van der Waals surface area contributed by atoms with Gasteiger partial charge in [-0.3, -0.25) is 9.59 Å². The van der Waals surface area contributed by atoms with E-state index in [1.165, 1.54) is 0 Å². The number of fused-ring (bicyclic) bond motifs is 1. The van der Waals surface area contributed by atoms with Crippen molar-refractivity contribution >= 4 is 32.6 Å². The van der Waals surface area contributed by atoms with Crippen molar-refractivity contribution in [1.29, 1.82) is 0 Å². The van der Waals surface area contributed by atoms with E-state index < -0.39 is 32.3 Å². The first-order valence-corrected chi connectivity index (χ1v) is 14.1. The number of amides is 1. The molecule has 4 rings (SSSR count). The molecule has 1 aromatic carbocycles. The summed E-state index contributed by atoms with van der Waals surface area (Å²) in [4.78, 5) is 31.4. The average molecular weight is 490 g/mol. The van der Waals surface area contributed by atoms with Gasteiger partial charge in [0.1, 0.15) is 11.6 Å². The predicted octanol–water partition coefficient (Wildman–Crippen LogP) is 3.54. The minimum atomic E-state index is -4.09. The molecule has 0 spiro atoms. The number of hydrogen-bond donors (Lipinski definition) is 2. The zero-order valence-corrected chi connectivity index (χ0v) is 20.6. The van der Waals surface area contributed by atoms with E-state index >= 15 is 0 Å². The Kier molecular flexibility index (Phi) is 7.42. The molecule has 1 heterocycles. The summed E-state index contributed by atoms with van der Waals surface area (Å²) in [6.45, 7) is 1.93. The molecule has 2 fully saturated rings. The van der Waals surface area contributed by atoms with Crippen molar-refractivity contribution in [1.82, 2.24) is 10.3 Å². The molecule has 2 saturated carbocycles. The van der Waals surface area contributed by atoms with Gasteiger partial charge in [-0.1, -0.05) is 51.2 Å². The summed E-state index contributed by atoms with van der Waals surface area (Å²) in [5, 5.41) is 3.25. The second-order valence-corrected chi connectivity index (χ2v) is 12.2. The highest BCUT2D eigenvalue weighted by Crippen LogP contribution is 2.40. The Hall–Kier alpha value is -2.26. The minimum Gasteiger partial charge on any atom is -0.434 e. The molecule has 0 radical (unpaired) electrons. The van der Waals surface area contributed by atoms with Crippen LogP contribution in [0.25, 0.3) is 11.1 Å². The molecule has 0 bridgehead atoms. The molecule has 0 saturated heterocycles. The maximum absolute atomic E-state index is 14.2. The number of rotatable bonds is 12. The molecule has 2 aliphatic carbocycles. The fourth-order valence-corrected chi connectivity index (χ4v) is 7.77. The monoisotopic (exact) mass is 489 g/mol. The van der Waals surface area contributed by atoms with Crippen LogP contribution in [-0.4, -0.2) is 47.7 Å². The van der Waals surface area contributed by atoms with E-state index in [-0.39, 0.29) is 30.0 Å². The lowest BCUT2D eigenvalue weighted by Crippen LogP contribution is -2.67. The summed E-state index contributed by atoms with van der Waals surface area (Å²) in [5.74, 6) is -2.02. The van der Waals surface area contributed by atoms with Crippen LogP contribution in [0.15, 0.2) is 28.7 Å². The number of para-hydroxylation sites is 2. The van der Waals surface area contributed by atoms with E-state index in [9.17, 15) is 18.0 Å². The van der Waals surface area contributed by atoms with Gasteiger partial charge in [0.2, 0.25) is 11.7 Å². The Morgan fingerprint density at radius 3 is 2.50 bits per heavy atom. The minimum absolute atomic E-state index is 0.00522. The number of primary amides is 1. The normalized spacial score (nSPS) is 20.1. The number of Topliss-reactive ketones (excluding diaryl/α,β-unsaturated/α-hetero) is 1. The first-order chi connectivity index (χ1) is 16.3. The van der Waals surface area contributed by atoms with E-state index in [1.54, 1.807) is 24.3 Å². The zero-order chi connectivity index (χ0) is 24.3. The molecule has 8 nitrogen and oxygen atoms in total. The highest BCUT2D eigenvalue weighted by molar-refractivity contribution is 7.93. The van der Waals surface area contributed by atoms with Gasteiger partial charge in [-0.15, -0.1) is 0 Å². The van der Waals surface area contributed by atoms with Crippen LogP contribution < -0.4 is 11.1 Å². The largest absolute Gasteiger partial charge is 0.434 e. The van der Waals surface area contributed by atoms with Crippen molar-refractivity contribution in [3.8, 4) is 0 Å². The van der Waals surface area contributed by atoms with Crippen molar-refractivity contribution in [2.75, 3.05) is 5.75 Å². The number of oxazole rings is 1. The number of hydrogen-bond acceptors (Lipinski definition) is 7. The van der Waals surface area contributed by atoms with Crippen molar-refractivity contribution in [3.63, 3.8) is 0 Å². The lowest BCUT2D eigenvalue weighted by Gasteiger charge is -2.39. The molecule has 1 aromatic heterocycles. The second kappa shape index (κ2) is 10.2. The van der Waals surface area contributed by atoms with Crippen LogP contribution in [0.4, 0.5) is 0 Å². The van der Waals surface area contributed by atoms with E-state index in [2.05, 4.69) is 10.3 Å². The summed E-state index contributed by atoms with van der Waals surface area (Å²) >= 11 is 0. The maximum atomic E-state index is 14.2. The van der Waals surface area contributed by atoms with Gasteiger partial charge in [0.25, 0.3) is 5.89 Å². The van der Waals surface area contributed by atoms with Crippen LogP contribution in [0.3, 0.4) is 0 Å². The lowest BCUT2D eigenvalue weighted by molar-refractivity contribution is -0.121. The van der Waals surface area contributed by atoms with Gasteiger partial charge in [-0.2, -0.15) is 0 Å². The molecule has 186 valence electrons. The van der Waals surface area contributed by atoms with Crippen LogP contribution in [0.2, 0.25) is 0 Å². The standard InChI is InChI=1S/C25H35N3O5S/c1-2-3-15-25(34(31,32)16-17-13-14-17,21(23(26)30)27-18-9-5-4-6-10-18)22(29)24-28-19-11-7-8-12-20(19)33-24/h7-8,11-12,17-18,21,27H,2-6,9-10,13-16H2,1H3,(H2,26,30). The first-order valence-electron chi connectivity index (χ1n) is 12.5. The number of benzene rings is 1. The highest BCUT2D eigenvalue weighted by Gasteiger charge is 2.60. The van der Waals surface area contributed by atoms with E-state index in [0.29, 0.717) is 23.9 Å². The molecule has 3 N–H and O–H groups in total. The zero-order valence-electron chi connectivity index (χ0n) is 19.8. The third-order valence-electron chi connectivity index (χ3n) is 7.24. The molecule has 0 aliphatic heterocycles. The number of carbonyl (C=O) groups is 2. The Balaban J connectivity index is 1.85. The van der Waals surface area contributed by atoms with Gasteiger partial charge in [0.05, 0.1) is 5.75 Å². The third-order valence-corrected chi connectivity index (χ3v) is 9.88. The van der Waals surface area contributed by atoms with Gasteiger partial charge in [-0.05, 0) is 50.2 Å². The molecule has 9 heteroatoms. The third kappa shape index (κ3) is 4.91. The predicted molar refractivity (Wildman–Crippen MR) is 130 cm³/mol. The van der Waals surface area contributed by atoms with E-state index in [1.807, 2.05) is 6.92 Å². The van der Waals surface area contributed by atoms with Crippen LogP contribution in [-0.2, 0) is 14.6 Å². The summed E-state index contributed by atoms with van der Waals surface area (Å²) in [6, 6.07) is 5.48. The van der Waals surface area contributed by atoms with Gasteiger partial charge in [0.15, 0.2) is 20.2 Å². The molecule has 34 heavy (non-hydrogen) atoms. The van der Waals surface area contributed by atoms with Gasteiger partial charge in [0, 0.05) is 6.04 Å². The summed E-state index contributed by atoms with van der Waals surface area (Å²) in [5.41, 5.74) is 6.73. The fourth-order valence-electron chi connectivity index (χ4n) is 5.15. The number of sulfone groups is 1. The smallest absolute Gasteiger partial charge is 0.266 e. The quantitative estimate of drug-likeness (QED) is 0.436. The molecule has 2 unspecified atom stereocenters. The Bertz CT molecular complexity index is 1100. The van der Waals surface area contributed by atoms with Crippen molar-refractivity contribution < 1.29 is 22.4 Å². The van der Waals surface area contributed by atoms with Crippen molar-refractivity contribution in [2.45, 2.75) is 88.0 Å². The number of unbranched alkanes of at least 4 members (excludes halogenated alkanes) is 1. The average Bonchev–Trinajstić information content (AvgIpc) is 3.51. The number of aromatic nitrogens is 1. The van der Waals surface area contributed by atoms with Crippen LogP contribution in [0, 0.1) is 5.92 Å². The summed E-state index contributed by atoms with van der Waals surface area (Å²) in [7, 11) is -4.09. The molecule has 2 aromatic rings.